The molecule has 0 saturated heterocycles. The summed E-state index contributed by atoms with van der Waals surface area (Å²) in [4.78, 5) is 10.3. The van der Waals surface area contributed by atoms with Gasteiger partial charge in [-0.1, -0.05) is 0 Å². The maximum absolute atomic E-state index is 13.0. The summed E-state index contributed by atoms with van der Waals surface area (Å²) in [5, 5.41) is 0. The molecule has 0 aliphatic rings. The van der Waals surface area contributed by atoms with Gasteiger partial charge in [-0.2, -0.15) is 0 Å². The van der Waals surface area contributed by atoms with Crippen LogP contribution in [0.4, 0.5) is 13.2 Å². The Morgan fingerprint density at radius 1 is 1.40 bits per heavy atom. The SMILES string of the molecule is O=Cc1ccc(OCCC(F)F)cc1F. The maximum Gasteiger partial charge on any atom is 0.241 e. The number of ether oxygens (including phenoxy) is 1. The second-order valence-electron chi connectivity index (χ2n) is 2.83. The lowest BCUT2D eigenvalue weighted by molar-refractivity contribution is 0.111. The van der Waals surface area contributed by atoms with Crippen molar-refractivity contribution in [3.8, 4) is 5.75 Å². The van der Waals surface area contributed by atoms with Gasteiger partial charge in [-0.15, -0.1) is 0 Å². The molecule has 1 aromatic rings. The lowest BCUT2D eigenvalue weighted by atomic mass is 10.2. The van der Waals surface area contributed by atoms with Crippen molar-refractivity contribution in [2.75, 3.05) is 6.61 Å². The van der Waals surface area contributed by atoms with E-state index in [0.717, 1.165) is 6.07 Å². The van der Waals surface area contributed by atoms with Gasteiger partial charge in [0, 0.05) is 12.5 Å². The monoisotopic (exact) mass is 218 g/mol. The van der Waals surface area contributed by atoms with Crippen molar-refractivity contribution in [3.05, 3.63) is 29.6 Å². The van der Waals surface area contributed by atoms with E-state index in [-0.39, 0.29) is 17.9 Å². The van der Waals surface area contributed by atoms with Gasteiger partial charge in [0.25, 0.3) is 0 Å². The molecule has 0 spiro atoms. The number of alkyl halides is 2. The van der Waals surface area contributed by atoms with Crippen LogP contribution in [0.25, 0.3) is 0 Å². The summed E-state index contributed by atoms with van der Waals surface area (Å²) in [6.45, 7) is -0.183. The highest BCUT2D eigenvalue weighted by atomic mass is 19.3. The van der Waals surface area contributed by atoms with Crippen LogP contribution < -0.4 is 4.74 Å². The van der Waals surface area contributed by atoms with Crippen LogP contribution in [0, 0.1) is 5.82 Å². The van der Waals surface area contributed by atoms with Crippen LogP contribution in [0.1, 0.15) is 16.8 Å². The minimum Gasteiger partial charge on any atom is -0.493 e. The number of halogens is 3. The first-order chi connectivity index (χ1) is 7.13. The predicted octanol–water partition coefficient (Wildman–Crippen LogP) is 2.67. The summed E-state index contributed by atoms with van der Waals surface area (Å²) in [6.07, 6.45) is -2.47. The van der Waals surface area contributed by atoms with Crippen molar-refractivity contribution >= 4 is 6.29 Å². The fourth-order valence-electron chi connectivity index (χ4n) is 0.959. The second kappa shape index (κ2) is 5.38. The number of hydrogen-bond acceptors (Lipinski definition) is 2. The summed E-state index contributed by atoms with van der Waals surface area (Å²) in [7, 11) is 0. The number of carbonyl (C=O) groups is 1. The Hall–Kier alpha value is -1.52. The Kier molecular flexibility index (Phi) is 4.15. The van der Waals surface area contributed by atoms with E-state index in [2.05, 4.69) is 0 Å². The number of rotatable bonds is 5. The van der Waals surface area contributed by atoms with Crippen molar-refractivity contribution < 1.29 is 22.7 Å². The van der Waals surface area contributed by atoms with Crippen LogP contribution in [-0.4, -0.2) is 19.3 Å². The standard InChI is InChI=1S/C10H9F3O2/c11-9-5-8(2-1-7(9)6-14)15-4-3-10(12)13/h1-2,5-6,10H,3-4H2. The summed E-state index contributed by atoms with van der Waals surface area (Å²) in [6, 6.07) is 3.59. The van der Waals surface area contributed by atoms with Crippen LogP contribution in [-0.2, 0) is 0 Å². The third-order valence-corrected chi connectivity index (χ3v) is 1.70. The first kappa shape index (κ1) is 11.6. The number of benzene rings is 1. The van der Waals surface area contributed by atoms with Crippen LogP contribution in [0.5, 0.6) is 5.75 Å². The maximum atomic E-state index is 13.0. The summed E-state index contributed by atoms with van der Waals surface area (Å²) >= 11 is 0. The van der Waals surface area contributed by atoms with Crippen LogP contribution in [0.2, 0.25) is 0 Å². The molecular formula is C10H9F3O2. The molecular weight excluding hydrogens is 209 g/mol. The lowest BCUT2D eigenvalue weighted by Gasteiger charge is -2.05. The van der Waals surface area contributed by atoms with Gasteiger partial charge in [-0.05, 0) is 12.1 Å². The molecule has 1 aromatic carbocycles. The largest absolute Gasteiger partial charge is 0.493 e. The van der Waals surface area contributed by atoms with Crippen LogP contribution >= 0.6 is 0 Å². The fraction of sp³-hybridized carbons (Fsp3) is 0.300. The molecule has 0 aliphatic heterocycles. The van der Waals surface area contributed by atoms with Crippen molar-refractivity contribution in [2.45, 2.75) is 12.8 Å². The molecule has 0 aliphatic carbocycles. The molecule has 0 atom stereocenters. The Morgan fingerprint density at radius 3 is 2.67 bits per heavy atom. The summed E-state index contributed by atoms with van der Waals surface area (Å²) < 4.78 is 41.3. The number of hydrogen-bond donors (Lipinski definition) is 0. The molecule has 0 amide bonds. The van der Waals surface area contributed by atoms with E-state index in [1.165, 1.54) is 12.1 Å². The average Bonchev–Trinajstić information content (AvgIpc) is 2.17. The van der Waals surface area contributed by atoms with Gasteiger partial charge >= 0.3 is 0 Å². The molecule has 2 nitrogen and oxygen atoms in total. The molecule has 0 radical (unpaired) electrons. The van der Waals surface area contributed by atoms with Crippen molar-refractivity contribution in [3.63, 3.8) is 0 Å². The van der Waals surface area contributed by atoms with Gasteiger partial charge in [0.1, 0.15) is 11.6 Å². The Balaban J connectivity index is 2.56. The average molecular weight is 218 g/mol. The highest BCUT2D eigenvalue weighted by molar-refractivity contribution is 5.75. The second-order valence-corrected chi connectivity index (χ2v) is 2.83. The molecule has 1 rings (SSSR count). The zero-order valence-electron chi connectivity index (χ0n) is 7.75. The molecule has 0 aromatic heterocycles. The lowest BCUT2D eigenvalue weighted by Crippen LogP contribution is -2.03. The molecule has 5 heteroatoms. The molecule has 0 N–H and O–H groups in total. The van der Waals surface area contributed by atoms with E-state index in [9.17, 15) is 18.0 Å². The first-order valence-electron chi connectivity index (χ1n) is 4.29. The number of aldehydes is 1. The molecule has 0 bridgehead atoms. The van der Waals surface area contributed by atoms with E-state index in [1.807, 2.05) is 0 Å². The van der Waals surface area contributed by atoms with E-state index in [0.29, 0.717) is 6.29 Å². The Morgan fingerprint density at radius 2 is 2.13 bits per heavy atom. The minimum absolute atomic E-state index is 0.0868. The van der Waals surface area contributed by atoms with Crippen LogP contribution in [0.3, 0.4) is 0 Å². The molecule has 0 saturated carbocycles. The van der Waals surface area contributed by atoms with E-state index in [4.69, 9.17) is 4.74 Å². The Labute approximate surface area is 84.7 Å². The quantitative estimate of drug-likeness (QED) is 0.710. The minimum atomic E-state index is -2.44. The fourth-order valence-corrected chi connectivity index (χ4v) is 0.959. The van der Waals surface area contributed by atoms with E-state index in [1.54, 1.807) is 0 Å². The van der Waals surface area contributed by atoms with Crippen LogP contribution in [0.15, 0.2) is 18.2 Å². The van der Waals surface area contributed by atoms with E-state index >= 15 is 0 Å². The highest BCUT2D eigenvalue weighted by Crippen LogP contribution is 2.16. The normalized spacial score (nSPS) is 10.4. The third kappa shape index (κ3) is 3.61. The topological polar surface area (TPSA) is 26.3 Å². The summed E-state index contributed by atoms with van der Waals surface area (Å²) in [5.41, 5.74) is -0.0868. The summed E-state index contributed by atoms with van der Waals surface area (Å²) in [5.74, 6) is -0.585. The molecule has 0 fully saturated rings. The van der Waals surface area contributed by atoms with Gasteiger partial charge in [-0.3, -0.25) is 4.79 Å². The zero-order valence-corrected chi connectivity index (χ0v) is 7.75. The van der Waals surface area contributed by atoms with Crippen molar-refractivity contribution in [1.29, 1.82) is 0 Å². The van der Waals surface area contributed by atoms with Gasteiger partial charge in [0.05, 0.1) is 12.2 Å². The zero-order chi connectivity index (χ0) is 11.3. The van der Waals surface area contributed by atoms with Crippen molar-refractivity contribution in [1.82, 2.24) is 0 Å². The molecule has 82 valence electrons. The molecule has 0 unspecified atom stereocenters. The van der Waals surface area contributed by atoms with E-state index < -0.39 is 18.7 Å². The Bertz CT molecular complexity index is 339. The van der Waals surface area contributed by atoms with Gasteiger partial charge in [-0.25, -0.2) is 13.2 Å². The van der Waals surface area contributed by atoms with Crippen molar-refractivity contribution in [2.24, 2.45) is 0 Å². The van der Waals surface area contributed by atoms with Gasteiger partial charge in [0.15, 0.2) is 6.29 Å². The molecule has 0 heterocycles. The number of carbonyl (C=O) groups excluding carboxylic acids is 1. The van der Waals surface area contributed by atoms with Gasteiger partial charge in [0.2, 0.25) is 6.43 Å². The molecule has 15 heavy (non-hydrogen) atoms. The predicted molar refractivity (Wildman–Crippen MR) is 47.9 cm³/mol. The smallest absolute Gasteiger partial charge is 0.241 e. The third-order valence-electron chi connectivity index (χ3n) is 1.70. The highest BCUT2D eigenvalue weighted by Gasteiger charge is 2.05. The first-order valence-corrected chi connectivity index (χ1v) is 4.29. The van der Waals surface area contributed by atoms with Gasteiger partial charge < -0.3 is 4.74 Å².